The van der Waals surface area contributed by atoms with Crippen LogP contribution in [0.5, 0.6) is 5.75 Å². The van der Waals surface area contributed by atoms with Crippen LogP contribution in [-0.4, -0.2) is 48.9 Å². The highest BCUT2D eigenvalue weighted by atomic mass is 32.2. The van der Waals surface area contributed by atoms with Crippen molar-refractivity contribution < 1.29 is 17.9 Å². The van der Waals surface area contributed by atoms with Gasteiger partial charge in [-0.25, -0.2) is 8.42 Å². The highest BCUT2D eigenvalue weighted by Crippen LogP contribution is 2.41. The number of fused-ring (bicyclic) bond motifs is 1. The van der Waals surface area contributed by atoms with Crippen LogP contribution in [0.1, 0.15) is 30.9 Å². The number of nitrogens with zero attached hydrogens (tertiary/aromatic N) is 2. The Morgan fingerprint density at radius 2 is 1.97 bits per heavy atom. The van der Waals surface area contributed by atoms with E-state index in [9.17, 15) is 13.2 Å². The second-order valence-corrected chi connectivity index (χ2v) is 11.7. The number of rotatable bonds is 7. The molecule has 2 heterocycles. The number of carbonyl (C=O) groups excluding carboxylic acids is 1. The Balaban J connectivity index is 1.60. The average molecular weight is 473 g/mol. The van der Waals surface area contributed by atoms with Crippen LogP contribution >= 0.6 is 11.8 Å². The number of benzene rings is 2. The highest BCUT2D eigenvalue weighted by molar-refractivity contribution is 8.16. The summed E-state index contributed by atoms with van der Waals surface area (Å²) in [5.41, 5.74) is 2.85. The molecule has 0 aromatic heterocycles. The maximum atomic E-state index is 12.7. The fourth-order valence-corrected chi connectivity index (χ4v) is 7.88. The van der Waals surface area contributed by atoms with Gasteiger partial charge >= 0.3 is 0 Å². The number of carbonyl (C=O) groups is 1. The molecule has 1 amide bonds. The summed E-state index contributed by atoms with van der Waals surface area (Å²) < 4.78 is 30.4. The van der Waals surface area contributed by atoms with Gasteiger partial charge in [0.25, 0.3) is 5.91 Å². The lowest BCUT2D eigenvalue weighted by atomic mass is 10.1. The van der Waals surface area contributed by atoms with Crippen molar-refractivity contribution in [1.29, 1.82) is 0 Å². The molecular formula is C24H28N2O4S2. The Hall–Kier alpha value is -2.32. The second kappa shape index (κ2) is 9.67. The maximum Gasteiger partial charge on any atom is 0.252 e. The van der Waals surface area contributed by atoms with Crippen LogP contribution in [0.2, 0.25) is 0 Å². The fourth-order valence-electron chi connectivity index (χ4n) is 3.95. The van der Waals surface area contributed by atoms with Gasteiger partial charge in [-0.15, -0.1) is 0 Å². The lowest BCUT2D eigenvalue weighted by Crippen LogP contribution is -2.37. The summed E-state index contributed by atoms with van der Waals surface area (Å²) in [5.74, 6) is 0.670. The van der Waals surface area contributed by atoms with Crippen LogP contribution in [0.4, 0.5) is 5.69 Å². The van der Waals surface area contributed by atoms with E-state index in [2.05, 4.69) is 11.9 Å². The summed E-state index contributed by atoms with van der Waals surface area (Å²) in [7, 11) is -3.11. The molecule has 8 heteroatoms. The monoisotopic (exact) mass is 472 g/mol. The van der Waals surface area contributed by atoms with Crippen molar-refractivity contribution in [2.45, 2.75) is 44.4 Å². The molecule has 6 nitrogen and oxygen atoms in total. The van der Waals surface area contributed by atoms with Gasteiger partial charge in [-0.05, 0) is 31.0 Å². The molecule has 2 aromatic carbocycles. The molecule has 0 N–H and O–H groups in total. The molecule has 0 spiro atoms. The number of ether oxygens (including phenoxy) is 1. The van der Waals surface area contributed by atoms with Crippen molar-refractivity contribution in [3.05, 3.63) is 59.7 Å². The molecule has 170 valence electrons. The van der Waals surface area contributed by atoms with Gasteiger partial charge < -0.3 is 9.64 Å². The number of sulfone groups is 1. The Kier molecular flexibility index (Phi) is 6.90. The number of amides is 1. The SMILES string of the molecule is CCCCOc1cccc(N2C(=NC(=O)Cc3ccc(C)cc3)S[C@H]3CS(=O)(=O)C[C@@H]32)c1. The van der Waals surface area contributed by atoms with E-state index in [-0.39, 0.29) is 35.1 Å². The molecule has 0 aliphatic carbocycles. The zero-order valence-corrected chi connectivity index (χ0v) is 20.0. The summed E-state index contributed by atoms with van der Waals surface area (Å²) in [6, 6.07) is 15.2. The molecule has 2 aromatic rings. The van der Waals surface area contributed by atoms with Gasteiger partial charge in [-0.2, -0.15) is 4.99 Å². The Morgan fingerprint density at radius 3 is 2.72 bits per heavy atom. The van der Waals surface area contributed by atoms with E-state index in [1.807, 2.05) is 60.4 Å². The largest absolute Gasteiger partial charge is 0.494 e. The summed E-state index contributed by atoms with van der Waals surface area (Å²) in [4.78, 5) is 19.1. The van der Waals surface area contributed by atoms with Crippen LogP contribution in [0.15, 0.2) is 53.5 Å². The van der Waals surface area contributed by atoms with E-state index in [0.29, 0.717) is 11.8 Å². The molecule has 0 bridgehead atoms. The number of unbranched alkanes of at least 4 members (excludes halogenated alkanes) is 1. The average Bonchev–Trinajstić information content (AvgIpc) is 3.20. The predicted molar refractivity (Wildman–Crippen MR) is 130 cm³/mol. The zero-order chi connectivity index (χ0) is 22.7. The third kappa shape index (κ3) is 5.35. The lowest BCUT2D eigenvalue weighted by molar-refractivity contribution is -0.117. The van der Waals surface area contributed by atoms with Crippen LogP contribution in [0.3, 0.4) is 0 Å². The molecule has 2 atom stereocenters. The van der Waals surface area contributed by atoms with Gasteiger partial charge in [0, 0.05) is 17.0 Å². The first-order valence-electron chi connectivity index (χ1n) is 10.9. The molecule has 0 unspecified atom stereocenters. The summed E-state index contributed by atoms with van der Waals surface area (Å²) in [6.45, 7) is 4.75. The minimum Gasteiger partial charge on any atom is -0.494 e. The van der Waals surface area contributed by atoms with Gasteiger partial charge in [-0.1, -0.05) is 61.0 Å². The second-order valence-electron chi connectivity index (χ2n) is 8.32. The number of hydrogen-bond donors (Lipinski definition) is 0. The molecule has 0 saturated carbocycles. The maximum absolute atomic E-state index is 12.7. The van der Waals surface area contributed by atoms with E-state index in [0.717, 1.165) is 35.4 Å². The molecule has 32 heavy (non-hydrogen) atoms. The van der Waals surface area contributed by atoms with Crippen LogP contribution in [0.25, 0.3) is 0 Å². The van der Waals surface area contributed by atoms with E-state index in [1.54, 1.807) is 0 Å². The molecule has 2 aliphatic heterocycles. The van der Waals surface area contributed by atoms with E-state index in [4.69, 9.17) is 4.74 Å². The zero-order valence-electron chi connectivity index (χ0n) is 18.4. The summed E-state index contributed by atoms with van der Waals surface area (Å²) in [6.07, 6.45) is 2.23. The number of anilines is 1. The Morgan fingerprint density at radius 1 is 1.19 bits per heavy atom. The molecule has 2 aliphatic rings. The molecular weight excluding hydrogens is 444 g/mol. The quantitative estimate of drug-likeness (QED) is 0.567. The fraction of sp³-hybridized carbons (Fsp3) is 0.417. The molecule has 0 radical (unpaired) electrons. The summed E-state index contributed by atoms with van der Waals surface area (Å²) in [5, 5.41) is 0.438. The third-order valence-electron chi connectivity index (χ3n) is 5.63. The van der Waals surface area contributed by atoms with Crippen molar-refractivity contribution >= 4 is 38.4 Å². The number of hydrogen-bond acceptors (Lipinski definition) is 5. The number of aliphatic imine (C=N–C) groups is 1. The summed E-state index contributed by atoms with van der Waals surface area (Å²) >= 11 is 1.39. The highest BCUT2D eigenvalue weighted by Gasteiger charge is 2.49. The lowest BCUT2D eigenvalue weighted by Gasteiger charge is -2.25. The molecule has 2 fully saturated rings. The topological polar surface area (TPSA) is 76.0 Å². The van der Waals surface area contributed by atoms with Crippen molar-refractivity contribution in [1.82, 2.24) is 0 Å². The Labute approximate surface area is 194 Å². The van der Waals surface area contributed by atoms with Crippen LogP contribution in [0, 0.1) is 6.92 Å². The van der Waals surface area contributed by atoms with Crippen molar-refractivity contribution in [2.75, 3.05) is 23.0 Å². The predicted octanol–water partition coefficient (Wildman–Crippen LogP) is 4.02. The van der Waals surface area contributed by atoms with Crippen LogP contribution in [-0.2, 0) is 21.1 Å². The first kappa shape index (κ1) is 22.9. The number of aryl methyl sites for hydroxylation is 1. The number of thioether (sulfide) groups is 1. The molecule has 2 saturated heterocycles. The minimum atomic E-state index is -3.11. The molecule has 4 rings (SSSR count). The standard InChI is InChI=1S/C24H28N2O4S2/c1-3-4-12-30-20-7-5-6-19(14-20)26-21-15-32(28,29)16-22(21)31-24(26)25-23(27)13-18-10-8-17(2)9-11-18/h5-11,14,21-22H,3-4,12-13,15-16H2,1-2H3/t21-,22-/m0/s1. The normalized spacial score (nSPS) is 22.8. The van der Waals surface area contributed by atoms with E-state index < -0.39 is 9.84 Å². The third-order valence-corrected chi connectivity index (χ3v) is 8.84. The van der Waals surface area contributed by atoms with Gasteiger partial charge in [0.15, 0.2) is 15.0 Å². The van der Waals surface area contributed by atoms with Crippen molar-refractivity contribution in [2.24, 2.45) is 4.99 Å². The van der Waals surface area contributed by atoms with Crippen LogP contribution < -0.4 is 9.64 Å². The Bertz CT molecular complexity index is 1110. The van der Waals surface area contributed by atoms with Gasteiger partial charge in [0.1, 0.15) is 5.75 Å². The minimum absolute atomic E-state index is 0.0662. The van der Waals surface area contributed by atoms with Gasteiger partial charge in [-0.3, -0.25) is 4.79 Å². The van der Waals surface area contributed by atoms with E-state index >= 15 is 0 Å². The van der Waals surface area contributed by atoms with E-state index in [1.165, 1.54) is 11.8 Å². The first-order chi connectivity index (χ1) is 15.3. The van der Waals surface area contributed by atoms with Gasteiger partial charge in [0.2, 0.25) is 0 Å². The smallest absolute Gasteiger partial charge is 0.252 e. The van der Waals surface area contributed by atoms with Gasteiger partial charge in [0.05, 0.1) is 30.6 Å². The first-order valence-corrected chi connectivity index (χ1v) is 13.6. The number of amidine groups is 1. The van der Waals surface area contributed by atoms with Crippen molar-refractivity contribution in [3.63, 3.8) is 0 Å². The van der Waals surface area contributed by atoms with Crippen molar-refractivity contribution in [3.8, 4) is 5.75 Å².